The summed E-state index contributed by atoms with van der Waals surface area (Å²) in [5.74, 6) is -0.772. The fourth-order valence-corrected chi connectivity index (χ4v) is 3.37. The van der Waals surface area contributed by atoms with Gasteiger partial charge < -0.3 is 9.72 Å². The number of thioether (sulfide) groups is 1. The maximum Gasteiger partial charge on any atom is 0.316 e. The van der Waals surface area contributed by atoms with Gasteiger partial charge in [0.05, 0.1) is 11.4 Å². The molecule has 2 aromatic rings. The molecular weight excluding hydrogens is 338 g/mol. The van der Waals surface area contributed by atoms with Crippen molar-refractivity contribution in [3.8, 4) is 0 Å². The molecule has 1 aromatic heterocycles. The van der Waals surface area contributed by atoms with Crippen LogP contribution < -0.4 is 0 Å². The topological polar surface area (TPSA) is 76.2 Å². The number of ether oxygens (including phenoxy) is 1. The first-order chi connectivity index (χ1) is 11.8. The average Bonchev–Trinajstić information content (AvgIpc) is 2.87. The van der Waals surface area contributed by atoms with Gasteiger partial charge in [0.15, 0.2) is 11.9 Å². The first kappa shape index (κ1) is 19.0. The van der Waals surface area contributed by atoms with Crippen LogP contribution in [0.2, 0.25) is 0 Å². The number of carbonyl (C=O) groups is 3. The van der Waals surface area contributed by atoms with Crippen molar-refractivity contribution in [1.29, 1.82) is 0 Å². The first-order valence-electron chi connectivity index (χ1n) is 7.93. The molecule has 0 aliphatic carbocycles. The van der Waals surface area contributed by atoms with Crippen LogP contribution in [0.15, 0.2) is 35.2 Å². The van der Waals surface area contributed by atoms with Crippen LogP contribution in [0.25, 0.3) is 0 Å². The summed E-state index contributed by atoms with van der Waals surface area (Å²) in [6.07, 6.45) is -0.916. The highest BCUT2D eigenvalue weighted by atomic mass is 32.2. The van der Waals surface area contributed by atoms with Gasteiger partial charge >= 0.3 is 5.97 Å². The van der Waals surface area contributed by atoms with Gasteiger partial charge in [-0.05, 0) is 45.4 Å². The molecule has 0 saturated heterocycles. The average molecular weight is 359 g/mol. The van der Waals surface area contributed by atoms with Crippen molar-refractivity contribution in [2.75, 3.05) is 5.75 Å². The van der Waals surface area contributed by atoms with Crippen molar-refractivity contribution in [3.05, 3.63) is 52.8 Å². The molecule has 0 aliphatic heterocycles. The second-order valence-electron chi connectivity index (χ2n) is 5.78. The van der Waals surface area contributed by atoms with E-state index in [9.17, 15) is 14.4 Å². The molecule has 2 rings (SSSR count). The molecule has 0 bridgehead atoms. The zero-order chi connectivity index (χ0) is 18.6. The van der Waals surface area contributed by atoms with Gasteiger partial charge in [0.2, 0.25) is 5.78 Å². The molecule has 5 nitrogen and oxygen atoms in total. The molecule has 0 aliphatic rings. The second kappa shape index (κ2) is 8.16. The Bertz CT molecular complexity index is 795. The zero-order valence-corrected chi connectivity index (χ0v) is 15.5. The molecule has 132 valence electrons. The summed E-state index contributed by atoms with van der Waals surface area (Å²) in [5, 5.41) is 0. The van der Waals surface area contributed by atoms with Crippen molar-refractivity contribution in [2.45, 2.75) is 38.7 Å². The summed E-state index contributed by atoms with van der Waals surface area (Å²) in [5.41, 5.74) is 2.07. The highest BCUT2D eigenvalue weighted by molar-refractivity contribution is 8.00. The number of hydrogen-bond acceptors (Lipinski definition) is 5. The lowest BCUT2D eigenvalue weighted by molar-refractivity contribution is -0.143. The molecule has 0 spiro atoms. The van der Waals surface area contributed by atoms with Gasteiger partial charge in [0.1, 0.15) is 0 Å². The predicted molar refractivity (Wildman–Crippen MR) is 97.3 cm³/mol. The number of hydrogen-bond donors (Lipinski definition) is 1. The monoisotopic (exact) mass is 359 g/mol. The summed E-state index contributed by atoms with van der Waals surface area (Å²) in [7, 11) is 0. The standard InChI is InChI=1S/C19H21NO4S/c1-11-17(13(3)21)12(2)20-18(11)19(23)14(4)24-16(22)10-25-15-8-6-5-7-9-15/h5-9,14,20H,10H2,1-4H3/t14-/m0/s1. The van der Waals surface area contributed by atoms with Crippen LogP contribution in [0, 0.1) is 13.8 Å². The number of esters is 1. The molecule has 25 heavy (non-hydrogen) atoms. The van der Waals surface area contributed by atoms with Crippen LogP contribution in [-0.2, 0) is 9.53 Å². The molecule has 1 atom stereocenters. The molecule has 0 radical (unpaired) electrons. The van der Waals surface area contributed by atoms with Gasteiger partial charge in [0, 0.05) is 16.2 Å². The smallest absolute Gasteiger partial charge is 0.316 e. The summed E-state index contributed by atoms with van der Waals surface area (Å²) >= 11 is 1.35. The van der Waals surface area contributed by atoms with Crippen molar-refractivity contribution in [3.63, 3.8) is 0 Å². The van der Waals surface area contributed by atoms with Crippen LogP contribution in [0.1, 0.15) is 46.0 Å². The van der Waals surface area contributed by atoms with Crippen molar-refractivity contribution in [1.82, 2.24) is 4.98 Å². The Balaban J connectivity index is 1.99. The Morgan fingerprint density at radius 3 is 2.36 bits per heavy atom. The molecule has 0 saturated carbocycles. The third-order valence-corrected chi connectivity index (χ3v) is 4.80. The predicted octanol–water partition coefficient (Wildman–Crippen LogP) is 3.74. The van der Waals surface area contributed by atoms with Crippen molar-refractivity contribution >= 4 is 29.3 Å². The number of aromatic amines is 1. The third kappa shape index (κ3) is 4.60. The lowest BCUT2D eigenvalue weighted by Gasteiger charge is -2.12. The van der Waals surface area contributed by atoms with E-state index in [2.05, 4.69) is 4.98 Å². The van der Waals surface area contributed by atoms with Gasteiger partial charge in [-0.1, -0.05) is 18.2 Å². The van der Waals surface area contributed by atoms with E-state index in [-0.39, 0.29) is 17.3 Å². The zero-order valence-electron chi connectivity index (χ0n) is 14.7. The number of carbonyl (C=O) groups excluding carboxylic acids is 3. The Hall–Kier alpha value is -2.34. The lowest BCUT2D eigenvalue weighted by Crippen LogP contribution is -2.26. The minimum Gasteiger partial charge on any atom is -0.454 e. The van der Waals surface area contributed by atoms with E-state index < -0.39 is 12.1 Å². The van der Waals surface area contributed by atoms with Crippen LogP contribution in [-0.4, -0.2) is 34.4 Å². The highest BCUT2D eigenvalue weighted by Gasteiger charge is 2.25. The fourth-order valence-electron chi connectivity index (χ4n) is 2.67. The maximum atomic E-state index is 12.5. The van der Waals surface area contributed by atoms with E-state index in [0.717, 1.165) is 4.90 Å². The van der Waals surface area contributed by atoms with Gasteiger partial charge in [-0.3, -0.25) is 14.4 Å². The van der Waals surface area contributed by atoms with Gasteiger partial charge in [-0.2, -0.15) is 0 Å². The van der Waals surface area contributed by atoms with Crippen LogP contribution in [0.4, 0.5) is 0 Å². The number of nitrogens with one attached hydrogen (secondary N) is 1. The molecule has 1 N–H and O–H groups in total. The van der Waals surface area contributed by atoms with Gasteiger partial charge in [0.25, 0.3) is 0 Å². The second-order valence-corrected chi connectivity index (χ2v) is 6.83. The quantitative estimate of drug-likeness (QED) is 0.463. The number of ketones is 2. The van der Waals surface area contributed by atoms with Crippen LogP contribution >= 0.6 is 11.8 Å². The van der Waals surface area contributed by atoms with Crippen molar-refractivity contribution < 1.29 is 19.1 Å². The minimum absolute atomic E-state index is 0.103. The Labute approximate surface area is 151 Å². The Kier molecular flexibility index (Phi) is 6.20. The fraction of sp³-hybridized carbons (Fsp3) is 0.316. The van der Waals surface area contributed by atoms with E-state index in [0.29, 0.717) is 22.5 Å². The largest absolute Gasteiger partial charge is 0.454 e. The SMILES string of the molecule is CC(=O)c1c(C)[nH]c(C(=O)[C@H](C)OC(=O)CSc2ccccc2)c1C. The number of benzene rings is 1. The number of aryl methyl sites for hydroxylation is 1. The minimum atomic E-state index is -0.916. The van der Waals surface area contributed by atoms with Crippen molar-refractivity contribution in [2.24, 2.45) is 0 Å². The lowest BCUT2D eigenvalue weighted by atomic mass is 10.0. The van der Waals surface area contributed by atoms with Gasteiger partial charge in [-0.15, -0.1) is 11.8 Å². The van der Waals surface area contributed by atoms with Crippen LogP contribution in [0.5, 0.6) is 0 Å². The molecule has 1 heterocycles. The Morgan fingerprint density at radius 2 is 1.80 bits per heavy atom. The normalized spacial score (nSPS) is 11.8. The van der Waals surface area contributed by atoms with Gasteiger partial charge in [-0.25, -0.2) is 0 Å². The highest BCUT2D eigenvalue weighted by Crippen LogP contribution is 2.21. The molecule has 1 aromatic carbocycles. The van der Waals surface area contributed by atoms with E-state index in [1.165, 1.54) is 25.6 Å². The number of rotatable bonds is 7. The molecule has 0 fully saturated rings. The van der Waals surface area contributed by atoms with E-state index in [1.807, 2.05) is 30.3 Å². The maximum absolute atomic E-state index is 12.5. The first-order valence-corrected chi connectivity index (χ1v) is 8.91. The number of Topliss-reactive ketones (excluding diaryl/α,β-unsaturated/α-hetero) is 2. The summed E-state index contributed by atoms with van der Waals surface area (Å²) in [4.78, 5) is 40.1. The molecule has 6 heteroatoms. The Morgan fingerprint density at radius 1 is 1.16 bits per heavy atom. The third-order valence-electron chi connectivity index (χ3n) is 3.81. The summed E-state index contributed by atoms with van der Waals surface area (Å²) < 4.78 is 5.24. The summed E-state index contributed by atoms with van der Waals surface area (Å²) in [6, 6.07) is 9.49. The van der Waals surface area contributed by atoms with E-state index >= 15 is 0 Å². The number of aromatic nitrogens is 1. The summed E-state index contributed by atoms with van der Waals surface area (Å²) in [6.45, 7) is 6.46. The molecule has 0 unspecified atom stereocenters. The molecule has 0 amide bonds. The number of H-pyrrole nitrogens is 1. The van der Waals surface area contributed by atoms with E-state index in [4.69, 9.17) is 4.74 Å². The van der Waals surface area contributed by atoms with E-state index in [1.54, 1.807) is 13.8 Å². The molecular formula is C19H21NO4S. The van der Waals surface area contributed by atoms with Crippen LogP contribution in [0.3, 0.4) is 0 Å².